The van der Waals surface area contributed by atoms with Crippen LogP contribution in [0.5, 0.6) is 0 Å². The Bertz CT molecular complexity index is 1460. The molecule has 0 saturated carbocycles. The summed E-state index contributed by atoms with van der Waals surface area (Å²) in [6, 6.07) is 27.9. The molecule has 5 rings (SSSR count). The maximum absolute atomic E-state index is 14.0. The molecule has 0 aromatic heterocycles. The lowest BCUT2D eigenvalue weighted by Crippen LogP contribution is -2.26. The van der Waals surface area contributed by atoms with Crippen molar-refractivity contribution in [2.45, 2.75) is 44.4 Å². The number of allylic oxidation sites excluding steroid dienone is 5. The van der Waals surface area contributed by atoms with E-state index in [1.807, 2.05) is 54.6 Å². The van der Waals surface area contributed by atoms with Crippen molar-refractivity contribution >= 4 is 26.9 Å². The van der Waals surface area contributed by atoms with Gasteiger partial charge >= 0.3 is 0 Å². The first kappa shape index (κ1) is 23.4. The Labute approximate surface area is 209 Å². The van der Waals surface area contributed by atoms with E-state index in [9.17, 15) is 8.42 Å². The number of benzene rings is 3. The fraction of sp³-hybridized carbons (Fsp3) is 0.226. The van der Waals surface area contributed by atoms with Gasteiger partial charge in [0, 0.05) is 23.8 Å². The van der Waals surface area contributed by atoms with Crippen LogP contribution < -0.4 is 0 Å². The Morgan fingerprint density at radius 1 is 0.629 bits per heavy atom. The van der Waals surface area contributed by atoms with Crippen molar-refractivity contribution < 1.29 is 8.42 Å². The van der Waals surface area contributed by atoms with Crippen molar-refractivity contribution in [3.63, 3.8) is 0 Å². The highest BCUT2D eigenvalue weighted by Gasteiger charge is 2.40. The van der Waals surface area contributed by atoms with Gasteiger partial charge in [-0.25, -0.2) is 8.42 Å². The lowest BCUT2D eigenvalue weighted by atomic mass is 9.89. The smallest absolute Gasteiger partial charge is 0.264 e. The lowest BCUT2D eigenvalue weighted by Gasteiger charge is -2.24. The Morgan fingerprint density at radius 2 is 1.14 bits per heavy atom. The van der Waals surface area contributed by atoms with Gasteiger partial charge in [-0.05, 0) is 46.8 Å². The van der Waals surface area contributed by atoms with Crippen molar-refractivity contribution in [1.82, 2.24) is 4.31 Å². The van der Waals surface area contributed by atoms with E-state index in [1.54, 1.807) is 13.1 Å². The fourth-order valence-electron chi connectivity index (χ4n) is 5.48. The zero-order chi connectivity index (χ0) is 24.6. The van der Waals surface area contributed by atoms with Crippen LogP contribution in [0.2, 0.25) is 0 Å². The summed E-state index contributed by atoms with van der Waals surface area (Å²) in [5.74, 6) is 0. The summed E-state index contributed by atoms with van der Waals surface area (Å²) in [4.78, 5) is 0.364. The maximum atomic E-state index is 14.0. The quantitative estimate of drug-likeness (QED) is 0.364. The number of fused-ring (bicyclic) bond motifs is 3. The Kier molecular flexibility index (Phi) is 6.24. The van der Waals surface area contributed by atoms with Crippen LogP contribution >= 0.6 is 0 Å². The summed E-state index contributed by atoms with van der Waals surface area (Å²) in [6.07, 6.45) is 3.86. The Morgan fingerprint density at radius 3 is 1.74 bits per heavy atom. The monoisotopic (exact) mass is 481 g/mol. The average Bonchev–Trinajstić information content (AvgIpc) is 3.15. The van der Waals surface area contributed by atoms with Crippen LogP contribution in [-0.2, 0) is 10.0 Å². The molecule has 0 unspecified atom stereocenters. The molecule has 35 heavy (non-hydrogen) atoms. The number of nitrogens with zero attached hydrogens (tertiary/aromatic N) is 1. The van der Waals surface area contributed by atoms with Gasteiger partial charge in [-0.2, -0.15) is 0 Å². The standard InChI is InChI=1S/C31H31NO2S/c1-4-14-24-25(15-5-2)30-29(28(24)22-16-8-6-9-17-22)26-20-12-13-21-27(26)35(33,34)32(3)31(30)23-18-10-7-11-19-23/h6-13,16-21H,4-5,14-15H2,1-3H3. The van der Waals surface area contributed by atoms with Crippen LogP contribution in [0.1, 0.15) is 56.2 Å². The Balaban J connectivity index is 2.02. The fourth-order valence-corrected chi connectivity index (χ4v) is 6.91. The SMILES string of the molecule is CCCC1=C(CCC)C(c2ccccc2)=C2C1=C(c1ccccc1)N(C)S(=O)(=O)c1ccccc12. The lowest BCUT2D eigenvalue weighted by molar-refractivity contribution is 0.546. The molecule has 1 aliphatic carbocycles. The first-order valence-corrected chi connectivity index (χ1v) is 13.9. The Hall–Kier alpha value is -3.37. The highest BCUT2D eigenvalue weighted by Crippen LogP contribution is 2.55. The van der Waals surface area contributed by atoms with E-state index >= 15 is 0 Å². The molecule has 0 amide bonds. The molecule has 3 aromatic carbocycles. The molecule has 2 aliphatic rings. The summed E-state index contributed by atoms with van der Waals surface area (Å²) in [6.45, 7) is 4.42. The number of rotatable bonds is 6. The molecule has 0 saturated heterocycles. The van der Waals surface area contributed by atoms with E-state index in [0.717, 1.165) is 59.2 Å². The molecule has 0 spiro atoms. The van der Waals surface area contributed by atoms with Gasteiger partial charge in [0.2, 0.25) is 0 Å². The normalized spacial score (nSPS) is 16.9. The second-order valence-electron chi connectivity index (χ2n) is 9.13. The summed E-state index contributed by atoms with van der Waals surface area (Å²) >= 11 is 0. The molecular weight excluding hydrogens is 450 g/mol. The average molecular weight is 482 g/mol. The molecule has 3 nitrogen and oxygen atoms in total. The highest BCUT2D eigenvalue weighted by molar-refractivity contribution is 7.89. The minimum Gasteiger partial charge on any atom is -0.268 e. The summed E-state index contributed by atoms with van der Waals surface area (Å²) in [5, 5.41) is 0. The van der Waals surface area contributed by atoms with E-state index in [4.69, 9.17) is 0 Å². The highest BCUT2D eigenvalue weighted by atomic mass is 32.2. The van der Waals surface area contributed by atoms with Gasteiger partial charge in [0.15, 0.2) is 0 Å². The van der Waals surface area contributed by atoms with E-state index in [1.165, 1.54) is 21.0 Å². The van der Waals surface area contributed by atoms with Crippen molar-refractivity contribution in [2.24, 2.45) is 0 Å². The molecule has 3 aromatic rings. The van der Waals surface area contributed by atoms with Gasteiger partial charge in [-0.3, -0.25) is 4.31 Å². The minimum atomic E-state index is -3.75. The third-order valence-electron chi connectivity index (χ3n) is 6.92. The van der Waals surface area contributed by atoms with Gasteiger partial charge in [-0.1, -0.05) is 106 Å². The maximum Gasteiger partial charge on any atom is 0.264 e. The molecule has 0 N–H and O–H groups in total. The topological polar surface area (TPSA) is 37.4 Å². The molecular formula is C31H31NO2S. The summed E-state index contributed by atoms with van der Waals surface area (Å²) in [7, 11) is -2.05. The summed E-state index contributed by atoms with van der Waals surface area (Å²) < 4.78 is 29.5. The van der Waals surface area contributed by atoms with Crippen LogP contribution in [0, 0.1) is 0 Å². The predicted molar refractivity (Wildman–Crippen MR) is 145 cm³/mol. The van der Waals surface area contributed by atoms with Crippen LogP contribution in [0.4, 0.5) is 0 Å². The van der Waals surface area contributed by atoms with Crippen LogP contribution in [0.25, 0.3) is 16.8 Å². The molecule has 0 fully saturated rings. The van der Waals surface area contributed by atoms with E-state index < -0.39 is 10.0 Å². The second kappa shape index (κ2) is 9.35. The van der Waals surface area contributed by atoms with Crippen molar-refractivity contribution in [1.29, 1.82) is 0 Å². The number of hydrogen-bond donors (Lipinski definition) is 0. The van der Waals surface area contributed by atoms with Crippen molar-refractivity contribution in [3.8, 4) is 0 Å². The number of sulfonamides is 1. The van der Waals surface area contributed by atoms with Crippen LogP contribution in [0.15, 0.2) is 107 Å². The third-order valence-corrected chi connectivity index (χ3v) is 8.74. The van der Waals surface area contributed by atoms with Gasteiger partial charge < -0.3 is 0 Å². The van der Waals surface area contributed by atoms with Gasteiger partial charge in [0.25, 0.3) is 10.0 Å². The molecule has 1 aliphatic heterocycles. The molecule has 0 radical (unpaired) electrons. The van der Waals surface area contributed by atoms with Gasteiger partial charge in [-0.15, -0.1) is 0 Å². The first-order valence-electron chi connectivity index (χ1n) is 12.4. The largest absolute Gasteiger partial charge is 0.268 e. The zero-order valence-corrected chi connectivity index (χ0v) is 21.4. The molecule has 178 valence electrons. The molecule has 0 bridgehead atoms. The first-order chi connectivity index (χ1) is 17.0. The number of hydrogen-bond acceptors (Lipinski definition) is 2. The minimum absolute atomic E-state index is 0.364. The predicted octanol–water partition coefficient (Wildman–Crippen LogP) is 7.55. The van der Waals surface area contributed by atoms with Crippen LogP contribution in [0.3, 0.4) is 0 Å². The third kappa shape index (κ3) is 3.77. The van der Waals surface area contributed by atoms with Crippen LogP contribution in [-0.4, -0.2) is 19.8 Å². The molecule has 0 atom stereocenters. The van der Waals surface area contributed by atoms with E-state index in [-0.39, 0.29) is 0 Å². The summed E-state index contributed by atoms with van der Waals surface area (Å²) in [5.41, 5.74) is 9.52. The van der Waals surface area contributed by atoms with Gasteiger partial charge in [0.1, 0.15) is 0 Å². The zero-order valence-electron chi connectivity index (χ0n) is 20.6. The van der Waals surface area contributed by atoms with Gasteiger partial charge in [0.05, 0.1) is 10.6 Å². The van der Waals surface area contributed by atoms with Crippen molar-refractivity contribution in [2.75, 3.05) is 7.05 Å². The van der Waals surface area contributed by atoms with E-state index in [2.05, 4.69) is 38.1 Å². The van der Waals surface area contributed by atoms with E-state index in [0.29, 0.717) is 4.90 Å². The molecule has 1 heterocycles. The second-order valence-corrected chi connectivity index (χ2v) is 11.1. The molecule has 4 heteroatoms. The van der Waals surface area contributed by atoms with Crippen molar-refractivity contribution in [3.05, 3.63) is 118 Å².